The predicted molar refractivity (Wildman–Crippen MR) is 86.1 cm³/mol. The van der Waals surface area contributed by atoms with E-state index in [4.69, 9.17) is 0 Å². The Balaban J connectivity index is 1.95. The maximum absolute atomic E-state index is 11.0. The Morgan fingerprint density at radius 3 is 2.38 bits per heavy atom. The number of hydrogen-bond donors (Lipinski definition) is 1. The van der Waals surface area contributed by atoms with Gasteiger partial charge in [-0.15, -0.1) is 0 Å². The minimum atomic E-state index is -0.864. The highest BCUT2D eigenvalue weighted by Crippen LogP contribution is 2.29. The second-order valence-corrected chi connectivity index (χ2v) is 5.42. The third-order valence-electron chi connectivity index (χ3n) is 4.03. The molecule has 0 spiro atoms. The molecule has 2 nitrogen and oxygen atoms in total. The highest BCUT2D eigenvalue weighted by atomic mass is 16.3. The van der Waals surface area contributed by atoms with Gasteiger partial charge in [0.25, 0.3) is 0 Å². The minimum absolute atomic E-state index is 0.526. The number of fused-ring (bicyclic) bond motifs is 1. The van der Waals surface area contributed by atoms with Crippen LogP contribution in [0.15, 0.2) is 66.7 Å². The van der Waals surface area contributed by atoms with E-state index >= 15 is 0 Å². The van der Waals surface area contributed by atoms with Crippen LogP contribution in [-0.4, -0.2) is 10.1 Å². The van der Waals surface area contributed by atoms with Crippen molar-refractivity contribution in [2.24, 2.45) is 0 Å². The predicted octanol–water partition coefficient (Wildman–Crippen LogP) is 4.08. The summed E-state index contributed by atoms with van der Waals surface area (Å²) in [6, 6.07) is 22.0. The first-order valence-corrected chi connectivity index (χ1v) is 7.34. The van der Waals surface area contributed by atoms with E-state index in [-0.39, 0.29) is 0 Å². The molecule has 0 amide bonds. The number of pyridine rings is 1. The SMILES string of the molecule is CCC(O)(Cc1ccc2ccccc2n1)c1ccccc1. The third kappa shape index (κ3) is 2.81. The quantitative estimate of drug-likeness (QED) is 0.779. The fourth-order valence-corrected chi connectivity index (χ4v) is 2.69. The number of hydrogen-bond acceptors (Lipinski definition) is 2. The van der Waals surface area contributed by atoms with Crippen LogP contribution in [0.2, 0.25) is 0 Å². The van der Waals surface area contributed by atoms with Crippen LogP contribution in [0.25, 0.3) is 10.9 Å². The average molecular weight is 277 g/mol. The topological polar surface area (TPSA) is 33.1 Å². The number of para-hydroxylation sites is 1. The van der Waals surface area contributed by atoms with Crippen molar-refractivity contribution in [2.45, 2.75) is 25.4 Å². The Morgan fingerprint density at radius 1 is 0.905 bits per heavy atom. The molecule has 3 aromatic rings. The van der Waals surface area contributed by atoms with Crippen LogP contribution in [0, 0.1) is 0 Å². The summed E-state index contributed by atoms with van der Waals surface area (Å²) in [5.74, 6) is 0. The maximum atomic E-state index is 11.0. The molecular weight excluding hydrogens is 258 g/mol. The van der Waals surface area contributed by atoms with E-state index in [1.54, 1.807) is 0 Å². The van der Waals surface area contributed by atoms with Gasteiger partial charge in [0.05, 0.1) is 11.1 Å². The Morgan fingerprint density at radius 2 is 1.62 bits per heavy atom. The first-order chi connectivity index (χ1) is 10.2. The summed E-state index contributed by atoms with van der Waals surface area (Å²) >= 11 is 0. The van der Waals surface area contributed by atoms with Crippen molar-refractivity contribution >= 4 is 10.9 Å². The summed E-state index contributed by atoms with van der Waals surface area (Å²) < 4.78 is 0. The first kappa shape index (κ1) is 13.8. The second-order valence-electron chi connectivity index (χ2n) is 5.42. The fraction of sp³-hybridized carbons (Fsp3) is 0.211. The number of aliphatic hydroxyl groups is 1. The molecule has 1 atom stereocenters. The lowest BCUT2D eigenvalue weighted by molar-refractivity contribution is 0.0318. The molecular formula is C19H19NO. The normalized spacial score (nSPS) is 14.0. The van der Waals surface area contributed by atoms with Gasteiger partial charge < -0.3 is 5.11 Å². The van der Waals surface area contributed by atoms with Gasteiger partial charge >= 0.3 is 0 Å². The van der Waals surface area contributed by atoms with E-state index in [1.165, 1.54) is 0 Å². The molecule has 0 aliphatic carbocycles. The Bertz CT molecular complexity index is 739. The molecule has 0 aliphatic rings. The molecule has 21 heavy (non-hydrogen) atoms. The van der Waals surface area contributed by atoms with E-state index in [0.29, 0.717) is 12.8 Å². The van der Waals surface area contributed by atoms with Crippen LogP contribution in [0.5, 0.6) is 0 Å². The zero-order valence-electron chi connectivity index (χ0n) is 12.2. The molecule has 106 valence electrons. The Hall–Kier alpha value is -2.19. The minimum Gasteiger partial charge on any atom is -0.385 e. The highest BCUT2D eigenvalue weighted by Gasteiger charge is 2.27. The Kier molecular flexibility index (Phi) is 3.72. The molecule has 1 aromatic heterocycles. The van der Waals surface area contributed by atoms with E-state index < -0.39 is 5.60 Å². The molecule has 3 rings (SSSR count). The molecule has 0 aliphatic heterocycles. The maximum Gasteiger partial charge on any atom is 0.0949 e. The highest BCUT2D eigenvalue weighted by molar-refractivity contribution is 5.78. The van der Waals surface area contributed by atoms with Crippen LogP contribution < -0.4 is 0 Å². The summed E-state index contributed by atoms with van der Waals surface area (Å²) in [4.78, 5) is 4.67. The smallest absolute Gasteiger partial charge is 0.0949 e. The van der Waals surface area contributed by atoms with Crippen molar-refractivity contribution in [1.82, 2.24) is 4.98 Å². The van der Waals surface area contributed by atoms with Gasteiger partial charge in [-0.2, -0.15) is 0 Å². The number of nitrogens with zero attached hydrogens (tertiary/aromatic N) is 1. The molecule has 1 unspecified atom stereocenters. The van der Waals surface area contributed by atoms with Crippen LogP contribution in [0.4, 0.5) is 0 Å². The van der Waals surface area contributed by atoms with Gasteiger partial charge in [0, 0.05) is 17.5 Å². The van der Waals surface area contributed by atoms with Crippen molar-refractivity contribution < 1.29 is 5.11 Å². The lowest BCUT2D eigenvalue weighted by Gasteiger charge is -2.27. The molecule has 0 saturated carbocycles. The summed E-state index contributed by atoms with van der Waals surface area (Å²) in [5, 5.41) is 12.1. The average Bonchev–Trinajstić information content (AvgIpc) is 2.55. The lowest BCUT2D eigenvalue weighted by Crippen LogP contribution is -2.28. The van der Waals surface area contributed by atoms with E-state index in [0.717, 1.165) is 22.2 Å². The number of aromatic nitrogens is 1. The second kappa shape index (κ2) is 5.66. The van der Waals surface area contributed by atoms with E-state index in [1.807, 2.05) is 61.5 Å². The molecule has 2 heteroatoms. The van der Waals surface area contributed by atoms with Gasteiger partial charge in [-0.05, 0) is 24.1 Å². The molecule has 0 bridgehead atoms. The molecule has 1 heterocycles. The van der Waals surface area contributed by atoms with Gasteiger partial charge in [-0.3, -0.25) is 4.98 Å². The zero-order valence-corrected chi connectivity index (χ0v) is 12.2. The van der Waals surface area contributed by atoms with Gasteiger partial charge in [0.2, 0.25) is 0 Å². The largest absolute Gasteiger partial charge is 0.385 e. The van der Waals surface area contributed by atoms with Crippen LogP contribution >= 0.6 is 0 Å². The van der Waals surface area contributed by atoms with Crippen LogP contribution in [0.1, 0.15) is 24.6 Å². The van der Waals surface area contributed by atoms with Crippen molar-refractivity contribution in [3.8, 4) is 0 Å². The van der Waals surface area contributed by atoms with Crippen molar-refractivity contribution in [3.05, 3.63) is 78.0 Å². The molecule has 1 N–H and O–H groups in total. The van der Waals surface area contributed by atoms with Gasteiger partial charge in [-0.25, -0.2) is 0 Å². The number of benzene rings is 2. The molecule has 0 saturated heterocycles. The van der Waals surface area contributed by atoms with Crippen molar-refractivity contribution in [3.63, 3.8) is 0 Å². The van der Waals surface area contributed by atoms with Crippen molar-refractivity contribution in [2.75, 3.05) is 0 Å². The number of rotatable bonds is 4. The van der Waals surface area contributed by atoms with E-state index in [9.17, 15) is 5.11 Å². The molecule has 0 radical (unpaired) electrons. The molecule has 0 fully saturated rings. The molecule has 2 aromatic carbocycles. The summed E-state index contributed by atoms with van der Waals surface area (Å²) in [7, 11) is 0. The Labute approximate surface area is 125 Å². The van der Waals surface area contributed by atoms with Crippen LogP contribution in [0.3, 0.4) is 0 Å². The lowest BCUT2D eigenvalue weighted by atomic mass is 9.86. The first-order valence-electron chi connectivity index (χ1n) is 7.34. The monoisotopic (exact) mass is 277 g/mol. The standard InChI is InChI=1S/C19H19NO/c1-2-19(21,16-9-4-3-5-10-16)14-17-13-12-15-8-6-7-11-18(15)20-17/h3-13,21H,2,14H2,1H3. The third-order valence-corrected chi connectivity index (χ3v) is 4.03. The van der Waals surface area contributed by atoms with Crippen molar-refractivity contribution in [1.29, 1.82) is 0 Å². The zero-order chi connectivity index (χ0) is 14.7. The van der Waals surface area contributed by atoms with Crippen LogP contribution in [-0.2, 0) is 12.0 Å². The summed E-state index contributed by atoms with van der Waals surface area (Å²) in [6.07, 6.45) is 1.18. The van der Waals surface area contributed by atoms with E-state index in [2.05, 4.69) is 17.1 Å². The summed E-state index contributed by atoms with van der Waals surface area (Å²) in [6.45, 7) is 2.01. The summed E-state index contributed by atoms with van der Waals surface area (Å²) in [5.41, 5.74) is 1.97. The van der Waals surface area contributed by atoms with Gasteiger partial charge in [0.1, 0.15) is 0 Å². The fourth-order valence-electron chi connectivity index (χ4n) is 2.69. The van der Waals surface area contributed by atoms with Gasteiger partial charge in [0.15, 0.2) is 0 Å². The van der Waals surface area contributed by atoms with Gasteiger partial charge in [-0.1, -0.05) is 61.5 Å².